The van der Waals surface area contributed by atoms with E-state index >= 15 is 0 Å². The summed E-state index contributed by atoms with van der Waals surface area (Å²) in [6, 6.07) is 6.11. The van der Waals surface area contributed by atoms with Gasteiger partial charge in [-0.3, -0.25) is 4.79 Å². The van der Waals surface area contributed by atoms with Crippen molar-refractivity contribution in [1.82, 2.24) is 19.9 Å². The molecule has 1 aromatic carbocycles. The average molecular weight is 486 g/mol. The standard InChI is InChI=1S/C23H31N7O3S/c1-4-33-15-7-8-16(18(11-15)29-9-5-6-10-29)17-13-34-23(27-17)28-19(31)12-30-14-26-21(24-2)20(30)22(32)25-3/h7-8,11,13-14,19,24,31H,4-6,9-10,12H2,1-3H3,(H,25,32)(H,27,28). The molecule has 0 aliphatic carbocycles. The van der Waals surface area contributed by atoms with Crippen molar-refractivity contribution < 1.29 is 14.6 Å². The lowest BCUT2D eigenvalue weighted by molar-refractivity contribution is 0.0950. The molecular formula is C23H31N7O3S. The molecule has 10 nitrogen and oxygen atoms in total. The van der Waals surface area contributed by atoms with Crippen molar-refractivity contribution in [2.75, 3.05) is 49.3 Å². The highest BCUT2D eigenvalue weighted by atomic mass is 32.1. The minimum atomic E-state index is -0.959. The van der Waals surface area contributed by atoms with Gasteiger partial charge in [-0.25, -0.2) is 9.97 Å². The zero-order valence-corrected chi connectivity index (χ0v) is 20.5. The van der Waals surface area contributed by atoms with Gasteiger partial charge < -0.3 is 35.3 Å². The Kier molecular flexibility index (Phi) is 7.53. The van der Waals surface area contributed by atoms with Crippen LogP contribution in [0.2, 0.25) is 0 Å². The Morgan fingerprint density at radius 2 is 2.09 bits per heavy atom. The Labute approximate surface area is 203 Å². The molecule has 0 saturated carbocycles. The van der Waals surface area contributed by atoms with E-state index in [4.69, 9.17) is 9.72 Å². The molecule has 1 aliphatic heterocycles. The summed E-state index contributed by atoms with van der Waals surface area (Å²) in [7, 11) is 3.25. The number of thiazole rings is 1. The maximum atomic E-state index is 12.2. The van der Waals surface area contributed by atoms with E-state index in [9.17, 15) is 9.90 Å². The fraction of sp³-hybridized carbons (Fsp3) is 0.435. The van der Waals surface area contributed by atoms with Gasteiger partial charge in [0.25, 0.3) is 5.91 Å². The predicted octanol–water partition coefficient (Wildman–Crippen LogP) is 2.84. The number of nitrogens with one attached hydrogen (secondary N) is 3. The molecule has 1 atom stereocenters. The van der Waals surface area contributed by atoms with E-state index in [1.807, 2.05) is 24.4 Å². The predicted molar refractivity (Wildman–Crippen MR) is 135 cm³/mol. The van der Waals surface area contributed by atoms with Crippen LogP contribution in [-0.2, 0) is 6.54 Å². The van der Waals surface area contributed by atoms with Crippen LogP contribution >= 0.6 is 11.3 Å². The summed E-state index contributed by atoms with van der Waals surface area (Å²) in [6.45, 7) is 4.77. The molecule has 182 valence electrons. The summed E-state index contributed by atoms with van der Waals surface area (Å²) >= 11 is 1.43. The van der Waals surface area contributed by atoms with Gasteiger partial charge in [-0.2, -0.15) is 0 Å². The topological polar surface area (TPSA) is 117 Å². The Morgan fingerprint density at radius 3 is 2.79 bits per heavy atom. The molecule has 1 amide bonds. The lowest BCUT2D eigenvalue weighted by Crippen LogP contribution is -2.29. The fourth-order valence-electron chi connectivity index (χ4n) is 4.10. The zero-order valence-electron chi connectivity index (χ0n) is 19.7. The minimum absolute atomic E-state index is 0.133. The van der Waals surface area contributed by atoms with Crippen molar-refractivity contribution in [3.05, 3.63) is 35.6 Å². The molecule has 4 N–H and O–H groups in total. The van der Waals surface area contributed by atoms with Crippen LogP contribution < -0.4 is 25.6 Å². The molecule has 2 aromatic heterocycles. The fourth-order valence-corrected chi connectivity index (χ4v) is 4.86. The van der Waals surface area contributed by atoms with Crippen molar-refractivity contribution in [2.45, 2.75) is 32.5 Å². The van der Waals surface area contributed by atoms with Gasteiger partial charge >= 0.3 is 0 Å². The first-order valence-corrected chi connectivity index (χ1v) is 12.3. The summed E-state index contributed by atoms with van der Waals surface area (Å²) in [5, 5.41) is 21.8. The lowest BCUT2D eigenvalue weighted by Gasteiger charge is -2.21. The van der Waals surface area contributed by atoms with Gasteiger partial charge in [-0.15, -0.1) is 11.3 Å². The number of amides is 1. The number of aliphatic hydroxyl groups excluding tert-OH is 1. The van der Waals surface area contributed by atoms with E-state index in [0.717, 1.165) is 35.8 Å². The summed E-state index contributed by atoms with van der Waals surface area (Å²) in [6.07, 6.45) is 2.92. The van der Waals surface area contributed by atoms with Crippen LogP contribution in [0.3, 0.4) is 0 Å². The quantitative estimate of drug-likeness (QED) is 0.324. The summed E-state index contributed by atoms with van der Waals surface area (Å²) in [4.78, 5) is 23.5. The van der Waals surface area contributed by atoms with Gasteiger partial charge in [0.1, 0.15) is 12.0 Å². The number of imidazole rings is 1. The highest BCUT2D eigenvalue weighted by molar-refractivity contribution is 7.14. The Hall–Kier alpha value is -3.31. The van der Waals surface area contributed by atoms with Gasteiger partial charge in [-0.1, -0.05) is 0 Å². The molecule has 4 rings (SSSR count). The molecule has 1 fully saturated rings. The Bertz CT molecular complexity index is 1120. The molecule has 11 heteroatoms. The van der Waals surface area contributed by atoms with E-state index in [0.29, 0.717) is 23.3 Å². The Morgan fingerprint density at radius 1 is 1.29 bits per heavy atom. The third-order valence-electron chi connectivity index (χ3n) is 5.68. The van der Waals surface area contributed by atoms with Gasteiger partial charge in [0.05, 0.1) is 25.2 Å². The molecule has 1 aliphatic rings. The van der Waals surface area contributed by atoms with E-state index in [1.54, 1.807) is 18.7 Å². The first kappa shape index (κ1) is 23.8. The SMILES string of the molecule is CCOc1ccc(-c2csc(NC(O)Cn3cnc(NC)c3C(=O)NC)n2)c(N2CCCC2)c1. The van der Waals surface area contributed by atoms with Crippen LogP contribution in [0.4, 0.5) is 16.6 Å². The van der Waals surface area contributed by atoms with Gasteiger partial charge in [-0.05, 0) is 31.9 Å². The van der Waals surface area contributed by atoms with E-state index < -0.39 is 6.23 Å². The van der Waals surface area contributed by atoms with Gasteiger partial charge in [0.15, 0.2) is 16.6 Å². The van der Waals surface area contributed by atoms with Crippen LogP contribution in [0.5, 0.6) is 5.75 Å². The van der Waals surface area contributed by atoms with Crippen molar-refractivity contribution in [3.8, 4) is 17.0 Å². The van der Waals surface area contributed by atoms with Crippen molar-refractivity contribution in [1.29, 1.82) is 0 Å². The number of ether oxygens (including phenoxy) is 1. The number of hydrogen-bond donors (Lipinski definition) is 4. The largest absolute Gasteiger partial charge is 0.494 e. The average Bonchev–Trinajstić information content (AvgIpc) is 3.60. The van der Waals surface area contributed by atoms with Gasteiger partial charge in [0.2, 0.25) is 0 Å². The number of carbonyl (C=O) groups is 1. The number of rotatable bonds is 10. The molecule has 3 heterocycles. The molecular weight excluding hydrogens is 454 g/mol. The van der Waals surface area contributed by atoms with E-state index in [2.05, 4.69) is 31.9 Å². The number of aliphatic hydroxyl groups is 1. The second-order valence-electron chi connectivity index (χ2n) is 7.93. The van der Waals surface area contributed by atoms with Crippen LogP contribution in [0.25, 0.3) is 11.3 Å². The maximum absolute atomic E-state index is 12.2. The summed E-state index contributed by atoms with van der Waals surface area (Å²) < 4.78 is 7.33. The molecule has 1 saturated heterocycles. The monoisotopic (exact) mass is 485 g/mol. The number of hydrogen-bond acceptors (Lipinski definition) is 9. The highest BCUT2D eigenvalue weighted by Crippen LogP contribution is 2.37. The third kappa shape index (κ3) is 5.10. The number of benzene rings is 1. The second kappa shape index (κ2) is 10.7. The molecule has 1 unspecified atom stereocenters. The number of anilines is 3. The molecule has 3 aromatic rings. The summed E-state index contributed by atoms with van der Waals surface area (Å²) in [5.41, 5.74) is 3.36. The molecule has 0 radical (unpaired) electrons. The van der Waals surface area contributed by atoms with Crippen molar-refractivity contribution in [2.24, 2.45) is 0 Å². The molecule has 34 heavy (non-hydrogen) atoms. The maximum Gasteiger partial charge on any atom is 0.271 e. The van der Waals surface area contributed by atoms with E-state index in [-0.39, 0.29) is 12.5 Å². The molecule has 0 bridgehead atoms. The minimum Gasteiger partial charge on any atom is -0.494 e. The van der Waals surface area contributed by atoms with Crippen LogP contribution in [0.15, 0.2) is 29.9 Å². The van der Waals surface area contributed by atoms with Gasteiger partial charge in [0, 0.05) is 49.9 Å². The first-order chi connectivity index (χ1) is 16.5. The van der Waals surface area contributed by atoms with E-state index in [1.165, 1.54) is 30.5 Å². The zero-order chi connectivity index (χ0) is 24.1. The number of nitrogens with zero attached hydrogens (tertiary/aromatic N) is 4. The first-order valence-electron chi connectivity index (χ1n) is 11.4. The third-order valence-corrected chi connectivity index (χ3v) is 6.46. The van der Waals surface area contributed by atoms with Crippen LogP contribution in [0, 0.1) is 0 Å². The lowest BCUT2D eigenvalue weighted by atomic mass is 10.1. The smallest absolute Gasteiger partial charge is 0.271 e. The number of aromatic nitrogens is 3. The summed E-state index contributed by atoms with van der Waals surface area (Å²) in [5.74, 6) is 1.02. The van der Waals surface area contributed by atoms with Crippen LogP contribution in [0.1, 0.15) is 30.3 Å². The normalized spacial score (nSPS) is 14.2. The van der Waals surface area contributed by atoms with Crippen molar-refractivity contribution in [3.63, 3.8) is 0 Å². The number of carbonyl (C=O) groups excluding carboxylic acids is 1. The Balaban J connectivity index is 1.51. The highest BCUT2D eigenvalue weighted by Gasteiger charge is 2.21. The van der Waals surface area contributed by atoms with Crippen LogP contribution in [-0.4, -0.2) is 65.6 Å². The molecule has 0 spiro atoms. The second-order valence-corrected chi connectivity index (χ2v) is 8.79. The van der Waals surface area contributed by atoms with Crippen molar-refractivity contribution >= 4 is 33.9 Å².